The fourth-order valence-corrected chi connectivity index (χ4v) is 2.33. The molecule has 1 unspecified atom stereocenters. The summed E-state index contributed by atoms with van der Waals surface area (Å²) >= 11 is 0. The fraction of sp³-hybridized carbons (Fsp3) is 0.158. The van der Waals surface area contributed by atoms with Crippen LogP contribution >= 0.6 is 0 Å². The van der Waals surface area contributed by atoms with Crippen molar-refractivity contribution < 1.29 is 23.1 Å². The normalized spacial score (nSPS) is 12.0. The van der Waals surface area contributed by atoms with E-state index >= 15 is 0 Å². The van der Waals surface area contributed by atoms with E-state index in [4.69, 9.17) is 5.73 Å². The zero-order valence-corrected chi connectivity index (χ0v) is 14.5. The van der Waals surface area contributed by atoms with Crippen LogP contribution in [0.25, 0.3) is 6.08 Å². The van der Waals surface area contributed by atoms with E-state index < -0.39 is 18.5 Å². The predicted octanol–water partition coefficient (Wildman–Crippen LogP) is 3.67. The summed E-state index contributed by atoms with van der Waals surface area (Å²) in [6.45, 7) is -1.16. The van der Waals surface area contributed by atoms with Crippen LogP contribution in [0.2, 0.25) is 0 Å². The van der Waals surface area contributed by atoms with Crippen molar-refractivity contribution in [1.29, 1.82) is 0 Å². The van der Waals surface area contributed by atoms with Crippen molar-refractivity contribution in [3.8, 4) is 5.75 Å². The Labute approximate surface area is 155 Å². The molecule has 6 nitrogen and oxygen atoms in total. The first-order valence-corrected chi connectivity index (χ1v) is 8.04. The lowest BCUT2D eigenvalue weighted by Gasteiger charge is -2.13. The molecule has 0 aliphatic rings. The van der Waals surface area contributed by atoms with Gasteiger partial charge in [0.05, 0.1) is 6.04 Å². The van der Waals surface area contributed by atoms with Gasteiger partial charge >= 0.3 is 12.6 Å². The zero-order chi connectivity index (χ0) is 19.8. The zero-order valence-electron chi connectivity index (χ0n) is 14.5. The third-order valence-electron chi connectivity index (χ3n) is 3.59. The molecule has 0 fully saturated rings. The smallest absolute Gasteiger partial charge is 0.387 e. The van der Waals surface area contributed by atoms with Crippen LogP contribution in [0.15, 0.2) is 54.6 Å². The van der Waals surface area contributed by atoms with Crippen molar-refractivity contribution in [3.05, 3.63) is 65.7 Å². The van der Waals surface area contributed by atoms with Gasteiger partial charge in [-0.1, -0.05) is 30.3 Å². The third kappa shape index (κ3) is 6.43. The highest BCUT2D eigenvalue weighted by molar-refractivity contribution is 5.92. The van der Waals surface area contributed by atoms with E-state index in [1.54, 1.807) is 49.4 Å². The Morgan fingerprint density at radius 2 is 1.78 bits per heavy atom. The van der Waals surface area contributed by atoms with Crippen LogP contribution in [0, 0.1) is 0 Å². The maximum atomic E-state index is 12.4. The van der Waals surface area contributed by atoms with E-state index in [0.29, 0.717) is 11.3 Å². The molecule has 0 saturated carbocycles. The first-order chi connectivity index (χ1) is 12.8. The van der Waals surface area contributed by atoms with Crippen molar-refractivity contribution in [2.24, 2.45) is 5.73 Å². The number of nitrogens with one attached hydrogen (secondary N) is 2. The van der Waals surface area contributed by atoms with Gasteiger partial charge in [-0.15, -0.1) is 0 Å². The van der Waals surface area contributed by atoms with E-state index in [9.17, 15) is 18.4 Å². The minimum atomic E-state index is -2.94. The molecule has 27 heavy (non-hydrogen) atoms. The summed E-state index contributed by atoms with van der Waals surface area (Å²) in [5, 5.41) is 5.20. The number of carbonyl (C=O) groups is 2. The van der Waals surface area contributed by atoms with Gasteiger partial charge in [-0.05, 0) is 36.8 Å². The Kier molecular flexibility index (Phi) is 6.87. The second-order valence-electron chi connectivity index (χ2n) is 5.59. The monoisotopic (exact) mass is 375 g/mol. The molecule has 0 spiro atoms. The van der Waals surface area contributed by atoms with Gasteiger partial charge < -0.3 is 21.1 Å². The molecule has 2 aromatic carbocycles. The van der Waals surface area contributed by atoms with Crippen LogP contribution in [-0.2, 0) is 4.79 Å². The number of halogens is 2. The summed E-state index contributed by atoms with van der Waals surface area (Å²) in [6, 6.07) is 12.0. The van der Waals surface area contributed by atoms with Gasteiger partial charge in [-0.2, -0.15) is 8.78 Å². The molecule has 0 saturated heterocycles. The van der Waals surface area contributed by atoms with Crippen molar-refractivity contribution in [3.63, 3.8) is 0 Å². The lowest BCUT2D eigenvalue weighted by atomic mass is 10.1. The summed E-state index contributed by atoms with van der Waals surface area (Å²) in [5.41, 5.74) is 6.76. The summed E-state index contributed by atoms with van der Waals surface area (Å²) in [5.74, 6) is -0.407. The number of nitrogens with two attached hydrogens (primary N) is 1. The number of urea groups is 1. The molecule has 4 N–H and O–H groups in total. The third-order valence-corrected chi connectivity index (χ3v) is 3.59. The number of anilines is 1. The van der Waals surface area contributed by atoms with Crippen LogP contribution in [0.3, 0.4) is 0 Å². The minimum Gasteiger partial charge on any atom is -0.434 e. The Morgan fingerprint density at radius 1 is 1.11 bits per heavy atom. The minimum absolute atomic E-state index is 0.0119. The Morgan fingerprint density at radius 3 is 2.41 bits per heavy atom. The van der Waals surface area contributed by atoms with Gasteiger partial charge in [0.1, 0.15) is 5.75 Å². The molecular formula is C19H19F2N3O3. The number of alkyl halides is 2. The van der Waals surface area contributed by atoms with Crippen molar-refractivity contribution in [1.82, 2.24) is 5.32 Å². The van der Waals surface area contributed by atoms with E-state index in [1.807, 2.05) is 0 Å². The van der Waals surface area contributed by atoms with Crippen molar-refractivity contribution in [2.45, 2.75) is 19.6 Å². The van der Waals surface area contributed by atoms with Crippen LogP contribution in [0.4, 0.5) is 19.3 Å². The summed E-state index contributed by atoms with van der Waals surface area (Å²) in [7, 11) is 0. The maximum absolute atomic E-state index is 12.4. The van der Waals surface area contributed by atoms with Gasteiger partial charge in [-0.3, -0.25) is 4.79 Å². The summed E-state index contributed by atoms with van der Waals surface area (Å²) in [6.07, 6.45) is 2.65. The average molecular weight is 375 g/mol. The van der Waals surface area contributed by atoms with Gasteiger partial charge in [0.2, 0.25) is 5.91 Å². The topological polar surface area (TPSA) is 93.4 Å². The number of hydrogen-bond acceptors (Lipinski definition) is 3. The maximum Gasteiger partial charge on any atom is 0.387 e. The first kappa shape index (κ1) is 19.9. The molecule has 0 heterocycles. The number of primary amides is 1. The number of ether oxygens (including phenoxy) is 1. The second kappa shape index (κ2) is 9.33. The quantitative estimate of drug-likeness (QED) is 0.645. The molecule has 8 heteroatoms. The van der Waals surface area contributed by atoms with Crippen LogP contribution < -0.4 is 21.1 Å². The van der Waals surface area contributed by atoms with E-state index in [0.717, 1.165) is 5.56 Å². The largest absolute Gasteiger partial charge is 0.434 e. The molecular weight excluding hydrogens is 356 g/mol. The molecule has 0 aromatic heterocycles. The Bertz CT molecular complexity index is 823. The van der Waals surface area contributed by atoms with Crippen molar-refractivity contribution in [2.75, 3.05) is 5.32 Å². The highest BCUT2D eigenvalue weighted by Crippen LogP contribution is 2.21. The second-order valence-corrected chi connectivity index (χ2v) is 5.59. The number of rotatable bonds is 7. The van der Waals surface area contributed by atoms with Crippen LogP contribution in [-0.4, -0.2) is 18.5 Å². The van der Waals surface area contributed by atoms with E-state index in [-0.39, 0.29) is 11.8 Å². The molecule has 0 radical (unpaired) electrons. The highest BCUT2D eigenvalue weighted by atomic mass is 19.3. The molecule has 0 bridgehead atoms. The highest BCUT2D eigenvalue weighted by Gasteiger charge is 2.10. The molecule has 2 aromatic rings. The lowest BCUT2D eigenvalue weighted by molar-refractivity contribution is -0.117. The SMILES string of the molecule is CC(NC(=O)C=Cc1ccccc1OC(F)F)c1ccc(NC(N)=O)cc1. The van der Waals surface area contributed by atoms with Gasteiger partial charge in [0.15, 0.2) is 0 Å². The fourth-order valence-electron chi connectivity index (χ4n) is 2.33. The molecule has 142 valence electrons. The number of hydrogen-bond donors (Lipinski definition) is 3. The number of carbonyl (C=O) groups excluding carboxylic acids is 2. The van der Waals surface area contributed by atoms with Gasteiger partial charge in [0, 0.05) is 17.3 Å². The first-order valence-electron chi connectivity index (χ1n) is 8.04. The summed E-state index contributed by atoms with van der Waals surface area (Å²) in [4.78, 5) is 22.9. The predicted molar refractivity (Wildman–Crippen MR) is 98.3 cm³/mol. The van der Waals surface area contributed by atoms with Crippen LogP contribution in [0.1, 0.15) is 24.1 Å². The number of amides is 3. The van der Waals surface area contributed by atoms with E-state index in [2.05, 4.69) is 15.4 Å². The van der Waals surface area contributed by atoms with Crippen LogP contribution in [0.5, 0.6) is 5.75 Å². The molecule has 3 amide bonds. The Hall–Kier alpha value is -3.42. The molecule has 2 rings (SSSR count). The van der Waals surface area contributed by atoms with Crippen molar-refractivity contribution >= 4 is 23.7 Å². The molecule has 1 atom stereocenters. The number of benzene rings is 2. The Balaban J connectivity index is 1.99. The average Bonchev–Trinajstić information content (AvgIpc) is 2.60. The number of para-hydroxylation sites is 1. The van der Waals surface area contributed by atoms with Gasteiger partial charge in [0.25, 0.3) is 0 Å². The standard InChI is InChI=1S/C19H19F2N3O3/c1-12(13-6-9-15(10-7-13)24-19(22)26)23-17(25)11-8-14-4-2-3-5-16(14)27-18(20)21/h2-12,18H,1H3,(H,23,25)(H3,22,24,26). The van der Waals surface area contributed by atoms with Gasteiger partial charge in [-0.25, -0.2) is 4.79 Å². The lowest BCUT2D eigenvalue weighted by Crippen LogP contribution is -2.24. The van der Waals surface area contributed by atoms with E-state index in [1.165, 1.54) is 18.2 Å². The molecule has 0 aliphatic heterocycles. The molecule has 0 aliphatic carbocycles. The summed E-state index contributed by atoms with van der Waals surface area (Å²) < 4.78 is 29.2.